The van der Waals surface area contributed by atoms with Crippen molar-refractivity contribution >= 4 is 41.8 Å². The molecule has 9 heteroatoms. The van der Waals surface area contributed by atoms with Crippen LogP contribution >= 0.6 is 24.0 Å². The molecule has 0 bridgehead atoms. The van der Waals surface area contributed by atoms with Gasteiger partial charge in [-0.2, -0.15) is 0 Å². The zero-order valence-electron chi connectivity index (χ0n) is 18.5. The van der Waals surface area contributed by atoms with Crippen LogP contribution < -0.4 is 10.6 Å². The summed E-state index contributed by atoms with van der Waals surface area (Å²) in [6.45, 7) is 10.0. The zero-order valence-corrected chi connectivity index (χ0v) is 20.8. The van der Waals surface area contributed by atoms with E-state index in [0.29, 0.717) is 13.1 Å². The van der Waals surface area contributed by atoms with Crippen molar-refractivity contribution in [2.45, 2.75) is 39.5 Å². The van der Waals surface area contributed by atoms with Gasteiger partial charge in [-0.3, -0.25) is 19.5 Å². The maximum absolute atomic E-state index is 12.6. The van der Waals surface area contributed by atoms with Crippen LogP contribution in [0.1, 0.15) is 39.5 Å². The number of rotatable bonds is 5. The van der Waals surface area contributed by atoms with Crippen LogP contribution in [0.25, 0.3) is 0 Å². The van der Waals surface area contributed by atoms with Crippen LogP contribution in [0, 0.1) is 5.41 Å². The highest BCUT2D eigenvalue weighted by Crippen LogP contribution is 2.14. The number of aliphatic imine (C=N–C) groups is 1. The highest BCUT2D eigenvalue weighted by atomic mass is 127. The van der Waals surface area contributed by atoms with E-state index in [1.807, 2.05) is 18.7 Å². The minimum absolute atomic E-state index is 0. The Kier molecular flexibility index (Phi) is 11.2. The maximum Gasteiger partial charge on any atom is 0.236 e. The van der Waals surface area contributed by atoms with Crippen molar-refractivity contribution in [2.75, 3.05) is 66.5 Å². The first-order chi connectivity index (χ1) is 13.4. The molecule has 0 spiro atoms. The second-order valence-corrected chi connectivity index (χ2v) is 8.42. The third-order valence-electron chi connectivity index (χ3n) is 5.73. The number of hydrogen-bond acceptors (Lipinski definition) is 4. The number of guanidine groups is 1. The summed E-state index contributed by atoms with van der Waals surface area (Å²) in [4.78, 5) is 35.4. The van der Waals surface area contributed by atoms with E-state index in [-0.39, 0.29) is 35.8 Å². The monoisotopic (exact) mass is 522 g/mol. The van der Waals surface area contributed by atoms with Crippen molar-refractivity contribution in [3.63, 3.8) is 0 Å². The number of nitrogens with one attached hydrogen (secondary N) is 2. The molecule has 2 N–H and O–H groups in total. The smallest absolute Gasteiger partial charge is 0.236 e. The van der Waals surface area contributed by atoms with E-state index < -0.39 is 5.41 Å². The molecule has 0 aromatic rings. The van der Waals surface area contributed by atoms with E-state index in [0.717, 1.165) is 58.1 Å². The van der Waals surface area contributed by atoms with Gasteiger partial charge >= 0.3 is 0 Å². The van der Waals surface area contributed by atoms with E-state index in [1.165, 1.54) is 12.8 Å². The van der Waals surface area contributed by atoms with Crippen LogP contribution in [0.2, 0.25) is 0 Å². The van der Waals surface area contributed by atoms with E-state index in [9.17, 15) is 9.59 Å². The summed E-state index contributed by atoms with van der Waals surface area (Å²) in [6, 6.07) is 0. The SMILES string of the molecule is CN=C(NCC(C)(C)C(=O)NC)N1CCN(CC(=O)N2CCCCCC2)CC1.I. The first kappa shape index (κ1) is 25.9. The Morgan fingerprint density at radius 1 is 0.931 bits per heavy atom. The molecule has 2 aliphatic heterocycles. The summed E-state index contributed by atoms with van der Waals surface area (Å²) < 4.78 is 0. The van der Waals surface area contributed by atoms with Crippen molar-refractivity contribution in [1.82, 2.24) is 25.3 Å². The molecule has 0 aromatic heterocycles. The topological polar surface area (TPSA) is 80.3 Å². The van der Waals surface area contributed by atoms with Gasteiger partial charge in [-0.1, -0.05) is 12.8 Å². The summed E-state index contributed by atoms with van der Waals surface area (Å²) >= 11 is 0. The lowest BCUT2D eigenvalue weighted by Crippen LogP contribution is -2.55. The molecule has 29 heavy (non-hydrogen) atoms. The van der Waals surface area contributed by atoms with Crippen LogP contribution in [0.4, 0.5) is 0 Å². The molecule has 2 heterocycles. The van der Waals surface area contributed by atoms with Crippen LogP contribution in [-0.4, -0.2) is 98.9 Å². The van der Waals surface area contributed by atoms with Crippen LogP contribution in [-0.2, 0) is 9.59 Å². The lowest BCUT2D eigenvalue weighted by molar-refractivity contribution is -0.132. The van der Waals surface area contributed by atoms with Gasteiger partial charge in [0.05, 0.1) is 12.0 Å². The molecule has 0 aliphatic carbocycles. The number of carbonyl (C=O) groups is 2. The average molecular weight is 522 g/mol. The standard InChI is InChI=1S/C20H38N6O2.HI/c1-20(2,18(28)21-3)16-23-19(22-4)26-13-11-24(12-14-26)15-17(27)25-9-7-5-6-8-10-25;/h5-16H2,1-4H3,(H,21,28)(H,22,23);1H. The Labute approximate surface area is 192 Å². The Hall–Kier alpha value is -1.10. The molecule has 0 unspecified atom stereocenters. The highest BCUT2D eigenvalue weighted by molar-refractivity contribution is 14.0. The van der Waals surface area contributed by atoms with Gasteiger partial charge in [0.15, 0.2) is 5.96 Å². The van der Waals surface area contributed by atoms with Gasteiger partial charge in [0.2, 0.25) is 11.8 Å². The van der Waals surface area contributed by atoms with E-state index in [2.05, 4.69) is 25.4 Å². The number of amides is 2. The normalized spacial score (nSPS) is 19.2. The van der Waals surface area contributed by atoms with Crippen molar-refractivity contribution in [2.24, 2.45) is 10.4 Å². The molecule has 2 saturated heterocycles. The molecule has 0 aromatic carbocycles. The molecule has 2 amide bonds. The summed E-state index contributed by atoms with van der Waals surface area (Å²) in [5.41, 5.74) is -0.508. The highest BCUT2D eigenvalue weighted by Gasteiger charge is 2.28. The van der Waals surface area contributed by atoms with Crippen LogP contribution in [0.5, 0.6) is 0 Å². The summed E-state index contributed by atoms with van der Waals surface area (Å²) in [5, 5.41) is 6.04. The molecule has 2 rings (SSSR count). The second kappa shape index (κ2) is 12.6. The van der Waals surface area contributed by atoms with Gasteiger partial charge in [0.1, 0.15) is 0 Å². The van der Waals surface area contributed by atoms with Crippen molar-refractivity contribution in [3.05, 3.63) is 0 Å². The fourth-order valence-electron chi connectivity index (χ4n) is 3.78. The molecule has 0 atom stereocenters. The minimum atomic E-state index is -0.508. The number of likely N-dealkylation sites (tertiary alicyclic amines) is 1. The van der Waals surface area contributed by atoms with Crippen LogP contribution in [0.3, 0.4) is 0 Å². The Morgan fingerprint density at radius 2 is 1.52 bits per heavy atom. The Bertz CT molecular complexity index is 553. The Balaban J connectivity index is 0.00000420. The predicted molar refractivity (Wildman–Crippen MR) is 128 cm³/mol. The number of piperazine rings is 1. The second-order valence-electron chi connectivity index (χ2n) is 8.42. The van der Waals surface area contributed by atoms with Gasteiger partial charge < -0.3 is 20.4 Å². The van der Waals surface area contributed by atoms with Crippen molar-refractivity contribution in [1.29, 1.82) is 0 Å². The van der Waals surface area contributed by atoms with E-state index >= 15 is 0 Å². The summed E-state index contributed by atoms with van der Waals surface area (Å²) in [7, 11) is 3.43. The molecular weight excluding hydrogens is 483 g/mol. The third-order valence-corrected chi connectivity index (χ3v) is 5.73. The number of nitrogens with zero attached hydrogens (tertiary/aromatic N) is 4. The lowest BCUT2D eigenvalue weighted by atomic mass is 9.92. The van der Waals surface area contributed by atoms with Gasteiger partial charge in [-0.25, -0.2) is 0 Å². The van der Waals surface area contributed by atoms with Gasteiger partial charge in [0, 0.05) is 59.9 Å². The molecule has 0 radical (unpaired) electrons. The fraction of sp³-hybridized carbons (Fsp3) is 0.850. The summed E-state index contributed by atoms with van der Waals surface area (Å²) in [5.74, 6) is 1.09. The third kappa shape index (κ3) is 7.92. The molecular formula is C20H39IN6O2. The molecule has 2 fully saturated rings. The van der Waals surface area contributed by atoms with Crippen molar-refractivity contribution in [3.8, 4) is 0 Å². The Morgan fingerprint density at radius 3 is 2.03 bits per heavy atom. The molecule has 8 nitrogen and oxygen atoms in total. The minimum Gasteiger partial charge on any atom is -0.359 e. The fourth-order valence-corrected chi connectivity index (χ4v) is 3.78. The lowest BCUT2D eigenvalue weighted by Gasteiger charge is -2.37. The summed E-state index contributed by atoms with van der Waals surface area (Å²) in [6.07, 6.45) is 4.75. The van der Waals surface area contributed by atoms with Gasteiger partial charge in [-0.15, -0.1) is 24.0 Å². The zero-order chi connectivity index (χ0) is 20.6. The largest absolute Gasteiger partial charge is 0.359 e. The predicted octanol–water partition coefficient (Wildman–Crippen LogP) is 0.972. The number of carbonyl (C=O) groups excluding carboxylic acids is 2. The molecule has 168 valence electrons. The average Bonchev–Trinajstić information content (AvgIpc) is 2.98. The molecule has 0 saturated carbocycles. The van der Waals surface area contributed by atoms with Gasteiger partial charge in [-0.05, 0) is 26.7 Å². The number of halogens is 1. The van der Waals surface area contributed by atoms with Gasteiger partial charge in [0.25, 0.3) is 0 Å². The number of hydrogen-bond donors (Lipinski definition) is 2. The first-order valence-electron chi connectivity index (χ1n) is 10.6. The maximum atomic E-state index is 12.6. The first-order valence-corrected chi connectivity index (χ1v) is 10.6. The van der Waals surface area contributed by atoms with Crippen LogP contribution in [0.15, 0.2) is 4.99 Å². The van der Waals surface area contributed by atoms with Crippen molar-refractivity contribution < 1.29 is 9.59 Å². The van der Waals surface area contributed by atoms with E-state index in [1.54, 1.807) is 14.1 Å². The quantitative estimate of drug-likeness (QED) is 0.320. The molecule has 2 aliphatic rings. The van der Waals surface area contributed by atoms with E-state index in [4.69, 9.17) is 0 Å².